The number of halogens is 1. The van der Waals surface area contributed by atoms with Crippen molar-refractivity contribution < 1.29 is 13.9 Å². The average Bonchev–Trinajstić information content (AvgIpc) is 2.49. The van der Waals surface area contributed by atoms with Crippen molar-refractivity contribution in [3.8, 4) is 5.75 Å². The highest BCUT2D eigenvalue weighted by atomic mass is 19.1. The molecule has 0 aromatic heterocycles. The summed E-state index contributed by atoms with van der Waals surface area (Å²) in [6, 6.07) is 5.82. The summed E-state index contributed by atoms with van der Waals surface area (Å²) < 4.78 is 18.2. The summed E-state index contributed by atoms with van der Waals surface area (Å²) in [6.45, 7) is 1.84. The van der Waals surface area contributed by atoms with Gasteiger partial charge < -0.3 is 15.0 Å². The maximum atomic E-state index is 12.7. The largest absolute Gasteiger partial charge is 0.492 e. The Labute approximate surface area is 118 Å². The Bertz CT molecular complexity index is 430. The summed E-state index contributed by atoms with van der Waals surface area (Å²) in [5, 5.41) is 3.24. The van der Waals surface area contributed by atoms with Crippen LogP contribution in [-0.4, -0.2) is 43.6 Å². The molecule has 0 spiro atoms. The molecule has 1 N–H and O–H groups in total. The first kappa shape index (κ1) is 14.8. The van der Waals surface area contributed by atoms with E-state index in [1.54, 1.807) is 24.1 Å². The predicted molar refractivity (Wildman–Crippen MR) is 75.2 cm³/mol. The maximum Gasteiger partial charge on any atom is 0.239 e. The molecule has 1 amide bonds. The van der Waals surface area contributed by atoms with Gasteiger partial charge in [-0.1, -0.05) is 6.42 Å². The number of hydrogen-bond donors (Lipinski definition) is 1. The molecular formula is C15H21FN2O2. The normalized spacial score (nSPS) is 18.6. The van der Waals surface area contributed by atoms with Gasteiger partial charge in [0.25, 0.3) is 0 Å². The molecule has 4 nitrogen and oxygen atoms in total. The van der Waals surface area contributed by atoms with Crippen molar-refractivity contribution in [2.24, 2.45) is 0 Å². The van der Waals surface area contributed by atoms with Crippen molar-refractivity contribution in [3.05, 3.63) is 30.1 Å². The number of likely N-dealkylation sites (N-methyl/N-ethyl adjacent to an activating group) is 1. The van der Waals surface area contributed by atoms with Gasteiger partial charge in [0, 0.05) is 7.05 Å². The lowest BCUT2D eigenvalue weighted by Gasteiger charge is -2.27. The van der Waals surface area contributed by atoms with E-state index in [0.29, 0.717) is 18.9 Å². The number of nitrogens with zero attached hydrogens (tertiary/aromatic N) is 1. The van der Waals surface area contributed by atoms with Gasteiger partial charge in [0.2, 0.25) is 5.91 Å². The molecule has 0 bridgehead atoms. The van der Waals surface area contributed by atoms with Crippen LogP contribution < -0.4 is 10.1 Å². The van der Waals surface area contributed by atoms with Crippen molar-refractivity contribution in [1.29, 1.82) is 0 Å². The lowest BCUT2D eigenvalue weighted by Crippen LogP contribution is -2.48. The molecule has 110 valence electrons. The number of ether oxygens (including phenoxy) is 1. The SMILES string of the molecule is CN(CCOc1ccc(F)cc1)C(=O)[C@@H]1CCCCN1. The third-order valence-corrected chi connectivity index (χ3v) is 3.49. The summed E-state index contributed by atoms with van der Waals surface area (Å²) in [5.74, 6) is 0.448. The van der Waals surface area contributed by atoms with Gasteiger partial charge in [-0.2, -0.15) is 0 Å². The molecule has 1 atom stereocenters. The van der Waals surface area contributed by atoms with E-state index in [2.05, 4.69) is 5.32 Å². The molecule has 1 aliphatic heterocycles. The van der Waals surface area contributed by atoms with Crippen LogP contribution in [0.25, 0.3) is 0 Å². The van der Waals surface area contributed by atoms with Crippen LogP contribution >= 0.6 is 0 Å². The molecule has 1 aromatic rings. The molecule has 0 radical (unpaired) electrons. The van der Waals surface area contributed by atoms with Crippen molar-refractivity contribution in [3.63, 3.8) is 0 Å². The molecule has 2 rings (SSSR count). The Morgan fingerprint density at radius 3 is 2.80 bits per heavy atom. The average molecular weight is 280 g/mol. The number of benzene rings is 1. The van der Waals surface area contributed by atoms with Crippen LogP contribution in [0.15, 0.2) is 24.3 Å². The molecule has 1 saturated heterocycles. The van der Waals surface area contributed by atoms with Gasteiger partial charge >= 0.3 is 0 Å². The molecule has 0 unspecified atom stereocenters. The highest BCUT2D eigenvalue weighted by Crippen LogP contribution is 2.12. The Hall–Kier alpha value is -1.62. The van der Waals surface area contributed by atoms with Gasteiger partial charge in [0.15, 0.2) is 0 Å². The number of piperidine rings is 1. The molecule has 1 aliphatic rings. The second-order valence-electron chi connectivity index (χ2n) is 5.06. The first-order valence-electron chi connectivity index (χ1n) is 7.03. The van der Waals surface area contributed by atoms with Crippen LogP contribution in [-0.2, 0) is 4.79 Å². The third-order valence-electron chi connectivity index (χ3n) is 3.49. The fourth-order valence-corrected chi connectivity index (χ4v) is 2.27. The summed E-state index contributed by atoms with van der Waals surface area (Å²) in [4.78, 5) is 13.8. The van der Waals surface area contributed by atoms with E-state index in [0.717, 1.165) is 25.8 Å². The molecule has 20 heavy (non-hydrogen) atoms. The highest BCUT2D eigenvalue weighted by Gasteiger charge is 2.23. The van der Waals surface area contributed by atoms with Gasteiger partial charge in [-0.25, -0.2) is 4.39 Å². The van der Waals surface area contributed by atoms with Crippen molar-refractivity contribution in [1.82, 2.24) is 10.2 Å². The van der Waals surface area contributed by atoms with Crippen LogP contribution in [0.4, 0.5) is 4.39 Å². The topological polar surface area (TPSA) is 41.6 Å². The monoisotopic (exact) mass is 280 g/mol. The van der Waals surface area contributed by atoms with Crippen LogP contribution in [0.1, 0.15) is 19.3 Å². The Balaban J connectivity index is 1.72. The van der Waals surface area contributed by atoms with Gasteiger partial charge in [0.1, 0.15) is 18.2 Å². The quantitative estimate of drug-likeness (QED) is 0.894. The second kappa shape index (κ2) is 7.24. The number of amides is 1. The van der Waals surface area contributed by atoms with Gasteiger partial charge in [-0.3, -0.25) is 4.79 Å². The third kappa shape index (κ3) is 4.20. The number of carbonyl (C=O) groups is 1. The maximum absolute atomic E-state index is 12.7. The second-order valence-corrected chi connectivity index (χ2v) is 5.06. The van der Waals surface area contributed by atoms with E-state index >= 15 is 0 Å². The highest BCUT2D eigenvalue weighted by molar-refractivity contribution is 5.81. The molecule has 1 heterocycles. The minimum Gasteiger partial charge on any atom is -0.492 e. The van der Waals surface area contributed by atoms with Crippen LogP contribution in [0, 0.1) is 5.82 Å². The molecule has 1 fully saturated rings. The Kier molecular flexibility index (Phi) is 5.35. The van der Waals surface area contributed by atoms with E-state index in [9.17, 15) is 9.18 Å². The van der Waals surface area contributed by atoms with E-state index in [4.69, 9.17) is 4.74 Å². The lowest BCUT2D eigenvalue weighted by atomic mass is 10.0. The number of nitrogens with one attached hydrogen (secondary N) is 1. The summed E-state index contributed by atoms with van der Waals surface area (Å²) >= 11 is 0. The number of rotatable bonds is 5. The summed E-state index contributed by atoms with van der Waals surface area (Å²) in [7, 11) is 1.78. The van der Waals surface area contributed by atoms with E-state index in [1.807, 2.05) is 0 Å². The van der Waals surface area contributed by atoms with Gasteiger partial charge in [0.05, 0.1) is 12.6 Å². The van der Waals surface area contributed by atoms with Gasteiger partial charge in [-0.15, -0.1) is 0 Å². The molecule has 0 aliphatic carbocycles. The predicted octanol–water partition coefficient (Wildman–Crippen LogP) is 1.80. The first-order chi connectivity index (χ1) is 9.66. The van der Waals surface area contributed by atoms with E-state index < -0.39 is 0 Å². The Morgan fingerprint density at radius 2 is 2.15 bits per heavy atom. The Morgan fingerprint density at radius 1 is 1.40 bits per heavy atom. The molecule has 5 heteroatoms. The van der Waals surface area contributed by atoms with E-state index in [-0.39, 0.29) is 17.8 Å². The van der Waals surface area contributed by atoms with E-state index in [1.165, 1.54) is 12.1 Å². The van der Waals surface area contributed by atoms with Crippen molar-refractivity contribution in [2.45, 2.75) is 25.3 Å². The smallest absolute Gasteiger partial charge is 0.239 e. The molecular weight excluding hydrogens is 259 g/mol. The van der Waals surface area contributed by atoms with Crippen molar-refractivity contribution in [2.75, 3.05) is 26.7 Å². The summed E-state index contributed by atoms with van der Waals surface area (Å²) in [6.07, 6.45) is 3.15. The van der Waals surface area contributed by atoms with Gasteiger partial charge in [-0.05, 0) is 43.7 Å². The van der Waals surface area contributed by atoms with Crippen LogP contribution in [0.2, 0.25) is 0 Å². The zero-order chi connectivity index (χ0) is 14.4. The van der Waals surface area contributed by atoms with Crippen molar-refractivity contribution >= 4 is 5.91 Å². The van der Waals surface area contributed by atoms with Crippen LogP contribution in [0.3, 0.4) is 0 Å². The minimum atomic E-state index is -0.284. The lowest BCUT2D eigenvalue weighted by molar-refractivity contribution is -0.133. The zero-order valence-corrected chi connectivity index (χ0v) is 11.8. The number of hydrogen-bond acceptors (Lipinski definition) is 3. The number of carbonyl (C=O) groups excluding carboxylic acids is 1. The minimum absolute atomic E-state index is 0.0560. The molecule has 1 aromatic carbocycles. The standard InChI is InChI=1S/C15H21FN2O2/c1-18(15(19)14-4-2-3-9-17-14)10-11-20-13-7-5-12(16)6-8-13/h5-8,14,17H,2-4,9-11H2,1H3/t14-/m0/s1. The summed E-state index contributed by atoms with van der Waals surface area (Å²) in [5.41, 5.74) is 0. The molecule has 0 saturated carbocycles. The zero-order valence-electron chi connectivity index (χ0n) is 11.8. The fraction of sp³-hybridized carbons (Fsp3) is 0.533. The first-order valence-corrected chi connectivity index (χ1v) is 7.03. The van der Waals surface area contributed by atoms with Crippen LogP contribution in [0.5, 0.6) is 5.75 Å². The fourth-order valence-electron chi connectivity index (χ4n) is 2.27.